The fourth-order valence-corrected chi connectivity index (χ4v) is 3.63. The van der Waals surface area contributed by atoms with Crippen molar-refractivity contribution in [2.75, 3.05) is 0 Å². The number of aliphatic imine (C=N–C) groups is 1. The molecule has 0 saturated carbocycles. The van der Waals surface area contributed by atoms with Crippen LogP contribution in [-0.4, -0.2) is 11.3 Å². The number of hydrogen-bond acceptors (Lipinski definition) is 4. The number of rotatable bonds is 2. The third-order valence-electron chi connectivity index (χ3n) is 3.49. The van der Waals surface area contributed by atoms with E-state index in [-0.39, 0.29) is 5.75 Å². The van der Waals surface area contributed by atoms with E-state index in [4.69, 9.17) is 0 Å². The van der Waals surface area contributed by atoms with Crippen molar-refractivity contribution in [1.82, 2.24) is 0 Å². The number of thiophene rings is 1. The van der Waals surface area contributed by atoms with Crippen LogP contribution in [0.15, 0.2) is 29.3 Å². The number of phenols is 1. The number of fused-ring (bicyclic) bond motifs is 1. The van der Waals surface area contributed by atoms with Gasteiger partial charge in [-0.05, 0) is 61.1 Å². The van der Waals surface area contributed by atoms with Gasteiger partial charge in [0.1, 0.15) is 16.8 Å². The Morgan fingerprint density at radius 2 is 1.95 bits per heavy atom. The summed E-state index contributed by atoms with van der Waals surface area (Å²) in [6.07, 6.45) is 6.20. The number of aromatic hydroxyl groups is 1. The van der Waals surface area contributed by atoms with Crippen LogP contribution in [0.5, 0.6) is 5.75 Å². The zero-order valence-electron chi connectivity index (χ0n) is 11.0. The molecule has 1 heterocycles. The summed E-state index contributed by atoms with van der Waals surface area (Å²) in [4.78, 5) is 5.80. The third kappa shape index (κ3) is 2.45. The molecular formula is C16H14N2OS. The first-order valence-electron chi connectivity index (χ1n) is 6.65. The number of phenolic OH excluding ortho intramolecular Hbond substituents is 1. The number of nitrogens with zero attached hydrogens (tertiary/aromatic N) is 2. The molecule has 1 N–H and O–H groups in total. The smallest absolute Gasteiger partial charge is 0.134 e. The average Bonchev–Trinajstić information content (AvgIpc) is 2.84. The Morgan fingerprint density at radius 3 is 2.70 bits per heavy atom. The number of benzene rings is 1. The molecule has 0 fully saturated rings. The minimum Gasteiger partial charge on any atom is -0.508 e. The van der Waals surface area contributed by atoms with Crippen molar-refractivity contribution in [2.24, 2.45) is 4.99 Å². The molecule has 3 rings (SSSR count). The van der Waals surface area contributed by atoms with Gasteiger partial charge in [-0.15, -0.1) is 11.3 Å². The lowest BCUT2D eigenvalue weighted by Gasteiger charge is -2.09. The molecule has 0 bridgehead atoms. The third-order valence-corrected chi connectivity index (χ3v) is 4.69. The summed E-state index contributed by atoms with van der Waals surface area (Å²) >= 11 is 1.64. The van der Waals surface area contributed by atoms with Gasteiger partial charge in [0.15, 0.2) is 0 Å². The molecule has 0 saturated heterocycles. The summed E-state index contributed by atoms with van der Waals surface area (Å²) in [5, 5.41) is 19.4. The number of aryl methyl sites for hydroxylation is 1. The summed E-state index contributed by atoms with van der Waals surface area (Å²) in [5.74, 6) is 0.242. The first kappa shape index (κ1) is 12.9. The maximum absolute atomic E-state index is 9.35. The van der Waals surface area contributed by atoms with E-state index in [0.29, 0.717) is 0 Å². The second-order valence-corrected chi connectivity index (χ2v) is 5.94. The van der Waals surface area contributed by atoms with Gasteiger partial charge in [-0.1, -0.05) is 0 Å². The molecule has 1 aromatic carbocycles. The van der Waals surface area contributed by atoms with E-state index >= 15 is 0 Å². The Balaban J connectivity index is 1.93. The zero-order chi connectivity index (χ0) is 13.9. The number of hydrogen-bond donors (Lipinski definition) is 1. The lowest BCUT2D eigenvalue weighted by atomic mass is 9.96. The van der Waals surface area contributed by atoms with Crippen molar-refractivity contribution in [3.63, 3.8) is 0 Å². The van der Waals surface area contributed by atoms with Crippen LogP contribution in [0, 0.1) is 11.3 Å². The highest BCUT2D eigenvalue weighted by Crippen LogP contribution is 2.39. The predicted octanol–water partition coefficient (Wildman–Crippen LogP) is 3.95. The summed E-state index contributed by atoms with van der Waals surface area (Å²) in [7, 11) is 0. The van der Waals surface area contributed by atoms with Gasteiger partial charge in [0.05, 0.1) is 5.56 Å². The van der Waals surface area contributed by atoms with Crippen LogP contribution >= 0.6 is 11.3 Å². The first-order chi connectivity index (χ1) is 9.78. The van der Waals surface area contributed by atoms with Gasteiger partial charge in [0.25, 0.3) is 0 Å². The Labute approximate surface area is 121 Å². The molecule has 20 heavy (non-hydrogen) atoms. The monoisotopic (exact) mass is 282 g/mol. The zero-order valence-corrected chi connectivity index (χ0v) is 11.8. The van der Waals surface area contributed by atoms with Crippen LogP contribution in [0.25, 0.3) is 0 Å². The Kier molecular flexibility index (Phi) is 3.53. The van der Waals surface area contributed by atoms with Crippen LogP contribution in [0.3, 0.4) is 0 Å². The van der Waals surface area contributed by atoms with E-state index in [1.807, 2.05) is 0 Å². The van der Waals surface area contributed by atoms with Gasteiger partial charge in [-0.3, -0.25) is 0 Å². The SMILES string of the molecule is N#Cc1c(/N=C/c2ccc(O)cc2)sc2c1CCCC2. The highest BCUT2D eigenvalue weighted by Gasteiger charge is 2.19. The number of nitriles is 1. The molecule has 4 heteroatoms. The highest BCUT2D eigenvalue weighted by atomic mass is 32.1. The molecule has 100 valence electrons. The summed E-state index contributed by atoms with van der Waals surface area (Å²) in [6.45, 7) is 0. The molecule has 0 amide bonds. The minimum absolute atomic E-state index is 0.242. The molecule has 3 nitrogen and oxygen atoms in total. The second kappa shape index (κ2) is 5.48. The van der Waals surface area contributed by atoms with Crippen LogP contribution < -0.4 is 0 Å². The van der Waals surface area contributed by atoms with Gasteiger partial charge in [0.2, 0.25) is 0 Å². The van der Waals surface area contributed by atoms with Gasteiger partial charge in [-0.25, -0.2) is 4.99 Å². The molecule has 1 aromatic heterocycles. The molecule has 1 aliphatic carbocycles. The van der Waals surface area contributed by atoms with Crippen LogP contribution in [-0.2, 0) is 12.8 Å². The van der Waals surface area contributed by atoms with Crippen molar-refractivity contribution in [3.05, 3.63) is 45.8 Å². The van der Waals surface area contributed by atoms with Gasteiger partial charge >= 0.3 is 0 Å². The van der Waals surface area contributed by atoms with E-state index < -0.39 is 0 Å². The van der Waals surface area contributed by atoms with E-state index in [1.54, 1.807) is 41.8 Å². The molecule has 1 aliphatic rings. The molecule has 0 atom stereocenters. The standard InChI is InChI=1S/C16H14N2OS/c17-9-14-13-3-1-2-4-15(13)20-16(14)18-10-11-5-7-12(19)8-6-11/h5-8,10,19H,1-4H2/b18-10+. The minimum atomic E-state index is 0.242. The predicted molar refractivity (Wildman–Crippen MR) is 81.0 cm³/mol. The molecule has 0 aliphatic heterocycles. The summed E-state index contributed by atoms with van der Waals surface area (Å²) < 4.78 is 0. The molecule has 0 unspecified atom stereocenters. The van der Waals surface area contributed by atoms with Crippen molar-refractivity contribution in [2.45, 2.75) is 25.7 Å². The maximum Gasteiger partial charge on any atom is 0.134 e. The summed E-state index contributed by atoms with van der Waals surface area (Å²) in [5.41, 5.74) is 2.87. The van der Waals surface area contributed by atoms with Crippen molar-refractivity contribution >= 4 is 22.6 Å². The lowest BCUT2D eigenvalue weighted by Crippen LogP contribution is -1.99. The fraction of sp³-hybridized carbons (Fsp3) is 0.250. The topological polar surface area (TPSA) is 56.4 Å². The Morgan fingerprint density at radius 1 is 1.20 bits per heavy atom. The van der Waals surface area contributed by atoms with E-state index in [2.05, 4.69) is 11.1 Å². The lowest BCUT2D eigenvalue weighted by molar-refractivity contribution is 0.475. The van der Waals surface area contributed by atoms with Crippen LogP contribution in [0.2, 0.25) is 0 Å². The molecular weight excluding hydrogens is 268 g/mol. The molecule has 2 aromatic rings. The largest absolute Gasteiger partial charge is 0.508 e. The second-order valence-electron chi connectivity index (χ2n) is 4.85. The molecule has 0 radical (unpaired) electrons. The Bertz CT molecular complexity index is 693. The highest BCUT2D eigenvalue weighted by molar-refractivity contribution is 7.16. The van der Waals surface area contributed by atoms with E-state index in [9.17, 15) is 10.4 Å². The van der Waals surface area contributed by atoms with Crippen molar-refractivity contribution < 1.29 is 5.11 Å². The molecule has 0 spiro atoms. The maximum atomic E-state index is 9.35. The summed E-state index contributed by atoms with van der Waals surface area (Å²) in [6, 6.07) is 9.18. The normalized spacial score (nSPS) is 14.2. The van der Waals surface area contributed by atoms with Gasteiger partial charge in [0, 0.05) is 11.1 Å². The average molecular weight is 282 g/mol. The van der Waals surface area contributed by atoms with Crippen molar-refractivity contribution in [3.8, 4) is 11.8 Å². The van der Waals surface area contributed by atoms with Gasteiger partial charge in [-0.2, -0.15) is 5.26 Å². The Hall–Kier alpha value is -2.12. The van der Waals surface area contributed by atoms with Crippen LogP contribution in [0.1, 0.15) is 34.4 Å². The van der Waals surface area contributed by atoms with E-state index in [0.717, 1.165) is 29.0 Å². The fourth-order valence-electron chi connectivity index (χ4n) is 2.45. The van der Waals surface area contributed by atoms with Gasteiger partial charge < -0.3 is 5.11 Å². The van der Waals surface area contributed by atoms with Crippen molar-refractivity contribution in [1.29, 1.82) is 5.26 Å². The first-order valence-corrected chi connectivity index (χ1v) is 7.47. The quantitative estimate of drug-likeness (QED) is 0.848. The van der Waals surface area contributed by atoms with E-state index in [1.165, 1.54) is 23.3 Å². The van der Waals surface area contributed by atoms with Crippen LogP contribution in [0.4, 0.5) is 5.00 Å².